The van der Waals surface area contributed by atoms with Crippen LogP contribution in [0.15, 0.2) is 134 Å². The van der Waals surface area contributed by atoms with Crippen molar-refractivity contribution in [2.75, 3.05) is 56.6 Å². The molecule has 2 aliphatic rings. The molecular formula is C56H58BBrN8O8. The van der Waals surface area contributed by atoms with Crippen LogP contribution < -0.4 is 35.5 Å². The molecule has 4 aromatic carbocycles. The zero-order valence-corrected chi connectivity index (χ0v) is 44.7. The minimum atomic E-state index is -1.54. The van der Waals surface area contributed by atoms with Crippen molar-refractivity contribution in [2.45, 2.75) is 25.9 Å². The standard InChI is InChI=1S/C28H28N4O3.C17H12BrN3O.C11H18BNO4/c1-31(2)15-23-26(34-4)12-19(13-27(23)35-5)22-16-32(3)28(33)20-7-6-17(10-21(20)22)24-11-18-8-9-29-14-25(18)30-24;1-21-9-14(18)13-6-10(2-3-12(13)17(21)22)15-7-11-4-5-19-8-16(11)20-15;1-13(2)7-9-10(16-3)5-8(12(14)15)6-11(9)17-4/h6-10,12-14,16H,11,15H2,1-5H3;2-6,8-9H,7H2,1H3;5-6,14-15H,7H2,1-4H3. The van der Waals surface area contributed by atoms with Crippen LogP contribution in [0.3, 0.4) is 0 Å². The number of ether oxygens (including phenoxy) is 4. The third kappa shape index (κ3) is 11.2. The first-order chi connectivity index (χ1) is 35.5. The zero-order chi connectivity index (χ0) is 53.0. The van der Waals surface area contributed by atoms with Gasteiger partial charge in [0.1, 0.15) is 23.0 Å². The van der Waals surface area contributed by atoms with Crippen molar-refractivity contribution in [3.63, 3.8) is 0 Å². The molecule has 0 fully saturated rings. The van der Waals surface area contributed by atoms with Gasteiger partial charge in [0.2, 0.25) is 0 Å². The number of hydrogen-bond donors (Lipinski definition) is 2. The molecule has 16 nitrogen and oxygen atoms in total. The highest BCUT2D eigenvalue weighted by atomic mass is 79.9. The van der Waals surface area contributed by atoms with Gasteiger partial charge in [-0.3, -0.25) is 29.5 Å². The van der Waals surface area contributed by atoms with Crippen molar-refractivity contribution in [3.8, 4) is 34.1 Å². The molecule has 8 aromatic rings. The number of fused-ring (bicyclic) bond motifs is 4. The third-order valence-corrected chi connectivity index (χ3v) is 13.4. The van der Waals surface area contributed by atoms with Crippen LogP contribution in [0.1, 0.15) is 33.4 Å². The zero-order valence-electron chi connectivity index (χ0n) is 43.1. The predicted molar refractivity (Wildman–Crippen MR) is 297 cm³/mol. The lowest BCUT2D eigenvalue weighted by molar-refractivity contribution is 0.348. The molecule has 0 bridgehead atoms. The Balaban J connectivity index is 0.000000160. The molecule has 10 rings (SSSR count). The lowest BCUT2D eigenvalue weighted by Gasteiger charge is -2.19. The summed E-state index contributed by atoms with van der Waals surface area (Å²) in [6.45, 7) is 1.33. The topological polar surface area (TPSA) is 178 Å². The van der Waals surface area contributed by atoms with Gasteiger partial charge in [-0.15, -0.1) is 0 Å². The fourth-order valence-corrected chi connectivity index (χ4v) is 9.74. The van der Waals surface area contributed by atoms with Crippen LogP contribution in [0.25, 0.3) is 32.7 Å². The molecule has 0 radical (unpaired) electrons. The third-order valence-electron chi connectivity index (χ3n) is 12.8. The van der Waals surface area contributed by atoms with E-state index >= 15 is 0 Å². The molecule has 2 aliphatic heterocycles. The van der Waals surface area contributed by atoms with Gasteiger partial charge < -0.3 is 47.9 Å². The van der Waals surface area contributed by atoms with Gasteiger partial charge in [-0.2, -0.15) is 0 Å². The first-order valence-corrected chi connectivity index (χ1v) is 24.4. The molecule has 74 heavy (non-hydrogen) atoms. The van der Waals surface area contributed by atoms with Crippen molar-refractivity contribution in [1.29, 1.82) is 0 Å². The highest BCUT2D eigenvalue weighted by Gasteiger charge is 2.22. The fourth-order valence-electron chi connectivity index (χ4n) is 9.10. The van der Waals surface area contributed by atoms with Crippen LogP contribution in [-0.4, -0.2) is 114 Å². The summed E-state index contributed by atoms with van der Waals surface area (Å²) in [7, 11) is 16.3. The number of nitrogens with zero attached hydrogens (tertiary/aromatic N) is 8. The average Bonchev–Trinajstić information content (AvgIpc) is 4.04. The number of pyridine rings is 4. The molecule has 0 spiro atoms. The Hall–Kier alpha value is -7.48. The number of aryl methyl sites for hydroxylation is 2. The Bertz CT molecular complexity index is 3560. The maximum atomic E-state index is 13.0. The van der Waals surface area contributed by atoms with Gasteiger partial charge in [0.25, 0.3) is 11.1 Å². The summed E-state index contributed by atoms with van der Waals surface area (Å²) in [5.41, 5.74) is 12.2. The Kier molecular flexibility index (Phi) is 16.2. The second-order valence-electron chi connectivity index (χ2n) is 18.5. The summed E-state index contributed by atoms with van der Waals surface area (Å²) in [5.74, 6) is 2.66. The highest BCUT2D eigenvalue weighted by Crippen LogP contribution is 2.39. The van der Waals surface area contributed by atoms with Gasteiger partial charge in [-0.25, -0.2) is 0 Å². The normalized spacial score (nSPS) is 12.4. The number of halogens is 1. The van der Waals surface area contributed by atoms with Crippen LogP contribution in [-0.2, 0) is 40.0 Å². The van der Waals surface area contributed by atoms with E-state index in [1.807, 2.05) is 93.9 Å². The van der Waals surface area contributed by atoms with Gasteiger partial charge in [-0.05, 0) is 143 Å². The number of aromatic nitrogens is 4. The van der Waals surface area contributed by atoms with Gasteiger partial charge in [0, 0.05) is 91.0 Å². The SMILES string of the molecule is COc1cc(-c2cn(C)c(=O)c3ccc(C4=Nc5cnccc5C4)cc23)cc(OC)c1CN(C)C.COc1cc(B(O)O)cc(OC)c1CN(C)C.Cn1cc(Br)c2cc(C3=Nc4cnccc4C3)ccc2c1=O. The Morgan fingerprint density at radius 1 is 0.581 bits per heavy atom. The molecule has 0 atom stereocenters. The molecule has 0 amide bonds. The fraction of sp³-hybridized carbons (Fsp3) is 0.250. The molecule has 0 unspecified atom stereocenters. The van der Waals surface area contributed by atoms with Crippen LogP contribution in [0.4, 0.5) is 11.4 Å². The van der Waals surface area contributed by atoms with Gasteiger partial charge >= 0.3 is 7.12 Å². The Morgan fingerprint density at radius 2 is 1.01 bits per heavy atom. The Labute approximate surface area is 438 Å². The van der Waals surface area contributed by atoms with E-state index in [1.54, 1.807) is 94.8 Å². The van der Waals surface area contributed by atoms with Gasteiger partial charge in [0.15, 0.2) is 0 Å². The average molecular weight is 1060 g/mol. The number of hydrogen-bond acceptors (Lipinski definition) is 14. The van der Waals surface area contributed by atoms with Crippen LogP contribution >= 0.6 is 15.9 Å². The molecule has 4 aromatic heterocycles. The Morgan fingerprint density at radius 3 is 1.45 bits per heavy atom. The number of rotatable bonds is 12. The highest BCUT2D eigenvalue weighted by molar-refractivity contribution is 9.10. The molecular weight excluding hydrogens is 1000 g/mol. The molecule has 0 saturated carbocycles. The van der Waals surface area contributed by atoms with E-state index in [4.69, 9.17) is 23.9 Å². The van der Waals surface area contributed by atoms with Crippen LogP contribution in [0.2, 0.25) is 0 Å². The van der Waals surface area contributed by atoms with Gasteiger partial charge in [0.05, 0.1) is 74.8 Å². The van der Waals surface area contributed by atoms with Crippen molar-refractivity contribution in [2.24, 2.45) is 24.1 Å². The largest absolute Gasteiger partial charge is 0.496 e. The summed E-state index contributed by atoms with van der Waals surface area (Å²) in [6, 6.07) is 23.1. The minimum absolute atomic E-state index is 0.00518. The molecule has 6 heterocycles. The summed E-state index contributed by atoms with van der Waals surface area (Å²) < 4.78 is 26.1. The van der Waals surface area contributed by atoms with E-state index in [9.17, 15) is 19.6 Å². The maximum Gasteiger partial charge on any atom is 0.488 e. The number of aliphatic imine (C=N–C) groups is 2. The molecule has 2 N–H and O–H groups in total. The smallest absolute Gasteiger partial charge is 0.488 e. The maximum absolute atomic E-state index is 13.0. The van der Waals surface area contributed by atoms with Crippen molar-refractivity contribution in [3.05, 3.63) is 169 Å². The minimum Gasteiger partial charge on any atom is -0.496 e. The molecule has 380 valence electrons. The van der Waals surface area contributed by atoms with Crippen LogP contribution in [0.5, 0.6) is 23.0 Å². The van der Waals surface area contributed by atoms with Crippen molar-refractivity contribution < 1.29 is 29.0 Å². The van der Waals surface area contributed by atoms with Gasteiger partial charge in [-0.1, -0.05) is 12.1 Å². The second kappa shape index (κ2) is 22.7. The number of methoxy groups -OCH3 is 4. The number of benzene rings is 4. The second-order valence-corrected chi connectivity index (χ2v) is 19.3. The van der Waals surface area contributed by atoms with Crippen LogP contribution in [0, 0.1) is 0 Å². The predicted octanol–water partition coefficient (Wildman–Crippen LogP) is 7.17. The van der Waals surface area contributed by atoms with E-state index in [0.717, 1.165) is 101 Å². The molecule has 0 saturated heterocycles. The lowest BCUT2D eigenvalue weighted by Crippen LogP contribution is -2.30. The molecule has 0 aliphatic carbocycles. The molecule has 18 heteroatoms. The monoisotopic (exact) mass is 1060 g/mol. The van der Waals surface area contributed by atoms with E-state index < -0.39 is 7.12 Å². The summed E-state index contributed by atoms with van der Waals surface area (Å²) in [4.78, 5) is 47.0. The van der Waals surface area contributed by atoms with E-state index in [-0.39, 0.29) is 11.1 Å². The quantitative estimate of drug-likeness (QED) is 0.118. The summed E-state index contributed by atoms with van der Waals surface area (Å²) in [5, 5.41) is 21.5. The summed E-state index contributed by atoms with van der Waals surface area (Å²) in [6.07, 6.45) is 12.4. The first-order valence-electron chi connectivity index (χ1n) is 23.6. The van der Waals surface area contributed by atoms with Crippen molar-refractivity contribution in [1.82, 2.24) is 28.9 Å². The first kappa shape index (κ1) is 52.8. The van der Waals surface area contributed by atoms with E-state index in [0.29, 0.717) is 40.8 Å². The lowest BCUT2D eigenvalue weighted by atomic mass is 9.79. The summed E-state index contributed by atoms with van der Waals surface area (Å²) >= 11 is 3.54. The van der Waals surface area contributed by atoms with E-state index in [1.165, 1.54) is 5.56 Å². The van der Waals surface area contributed by atoms with E-state index in [2.05, 4.69) is 41.9 Å². The van der Waals surface area contributed by atoms with Crippen molar-refractivity contribution >= 4 is 72.9 Å².